The van der Waals surface area contributed by atoms with Gasteiger partial charge in [-0.1, -0.05) is 38.0 Å². The van der Waals surface area contributed by atoms with Gasteiger partial charge in [-0.25, -0.2) is 4.90 Å². The van der Waals surface area contributed by atoms with Crippen LogP contribution in [0.4, 0.5) is 5.69 Å². The summed E-state index contributed by atoms with van der Waals surface area (Å²) in [7, 11) is 0. The lowest BCUT2D eigenvalue weighted by Gasteiger charge is -2.29. The van der Waals surface area contributed by atoms with Gasteiger partial charge in [0.25, 0.3) is 5.91 Å². The van der Waals surface area contributed by atoms with Crippen LogP contribution in [-0.4, -0.2) is 23.9 Å². The lowest BCUT2D eigenvalue weighted by atomic mass is 9.86. The summed E-state index contributed by atoms with van der Waals surface area (Å²) in [5.41, 5.74) is 0.675. The lowest BCUT2D eigenvalue weighted by Crippen LogP contribution is -2.45. The highest BCUT2D eigenvalue weighted by atomic mass is 16.2. The second kappa shape index (κ2) is 5.98. The Labute approximate surface area is 125 Å². The van der Waals surface area contributed by atoms with Crippen LogP contribution in [0.2, 0.25) is 0 Å². The van der Waals surface area contributed by atoms with Crippen molar-refractivity contribution in [3.8, 4) is 0 Å². The minimum absolute atomic E-state index is 0.104. The predicted molar refractivity (Wildman–Crippen MR) is 81.9 cm³/mol. The smallest absolute Gasteiger partial charge is 0.251 e. The monoisotopic (exact) mass is 286 g/mol. The fourth-order valence-electron chi connectivity index (χ4n) is 3.48. The molecule has 0 spiro atoms. The highest BCUT2D eigenvalue weighted by Gasteiger charge is 2.40. The normalized spacial score (nSPS) is 30.0. The van der Waals surface area contributed by atoms with Crippen molar-refractivity contribution in [2.75, 3.05) is 4.90 Å². The van der Waals surface area contributed by atoms with Crippen LogP contribution in [0.5, 0.6) is 0 Å². The number of rotatable bonds is 3. The van der Waals surface area contributed by atoms with E-state index in [1.807, 2.05) is 18.2 Å². The Hall–Kier alpha value is -1.68. The van der Waals surface area contributed by atoms with Gasteiger partial charge in [-0.2, -0.15) is 0 Å². The van der Waals surface area contributed by atoms with Crippen LogP contribution in [0.25, 0.3) is 0 Å². The van der Waals surface area contributed by atoms with Crippen molar-refractivity contribution in [2.24, 2.45) is 5.92 Å². The van der Waals surface area contributed by atoms with Crippen molar-refractivity contribution in [1.29, 1.82) is 0 Å². The number of carbonyl (C=O) groups excluding carboxylic acids is 2. The van der Waals surface area contributed by atoms with Crippen LogP contribution < -0.4 is 10.2 Å². The molecule has 0 bridgehead atoms. The predicted octanol–water partition coefficient (Wildman–Crippen LogP) is 2.49. The van der Waals surface area contributed by atoms with Gasteiger partial charge in [0, 0.05) is 6.04 Å². The Bertz CT molecular complexity index is 529. The number of amides is 2. The average Bonchev–Trinajstić information content (AvgIpc) is 2.74. The molecule has 0 aromatic heterocycles. The first kappa shape index (κ1) is 14.3. The molecular weight excluding hydrogens is 264 g/mol. The molecule has 3 unspecified atom stereocenters. The Balaban J connectivity index is 1.69. The molecule has 3 rings (SSSR count). The van der Waals surface area contributed by atoms with E-state index in [1.54, 1.807) is 12.1 Å². The standard InChI is InChI=1S/C17H22N2O2/c1-12-6-5-7-13(10-12)18-15-11-16(20)19(17(15)21)14-8-3-2-4-9-14/h2-4,8-9,12-13,15,18H,5-7,10-11H2,1H3. The lowest BCUT2D eigenvalue weighted by molar-refractivity contribution is -0.121. The summed E-state index contributed by atoms with van der Waals surface area (Å²) in [5.74, 6) is 0.491. The third kappa shape index (κ3) is 3.00. The van der Waals surface area contributed by atoms with Crippen LogP contribution in [0.3, 0.4) is 0 Å². The van der Waals surface area contributed by atoms with Crippen LogP contribution in [0.1, 0.15) is 39.0 Å². The van der Waals surface area contributed by atoms with Crippen LogP contribution in [0.15, 0.2) is 30.3 Å². The molecule has 21 heavy (non-hydrogen) atoms. The maximum Gasteiger partial charge on any atom is 0.251 e. The molecule has 1 saturated heterocycles. The van der Waals surface area contributed by atoms with Crippen molar-refractivity contribution in [1.82, 2.24) is 5.32 Å². The Morgan fingerprint density at radius 3 is 2.62 bits per heavy atom. The number of anilines is 1. The molecule has 2 fully saturated rings. The zero-order valence-corrected chi connectivity index (χ0v) is 12.4. The number of hydrogen-bond acceptors (Lipinski definition) is 3. The maximum absolute atomic E-state index is 12.5. The number of carbonyl (C=O) groups is 2. The first-order valence-electron chi connectivity index (χ1n) is 7.83. The van der Waals surface area contributed by atoms with E-state index in [0.29, 0.717) is 17.6 Å². The van der Waals surface area contributed by atoms with Gasteiger partial charge in [-0.05, 0) is 30.9 Å². The number of benzene rings is 1. The first-order valence-corrected chi connectivity index (χ1v) is 7.83. The summed E-state index contributed by atoms with van der Waals surface area (Å²) in [6.45, 7) is 2.26. The second-order valence-corrected chi connectivity index (χ2v) is 6.30. The van der Waals surface area contributed by atoms with Crippen LogP contribution >= 0.6 is 0 Å². The van der Waals surface area contributed by atoms with Gasteiger partial charge in [0.1, 0.15) is 0 Å². The molecule has 2 amide bonds. The molecular formula is C17H22N2O2. The topological polar surface area (TPSA) is 49.4 Å². The molecule has 1 aliphatic heterocycles. The number of nitrogens with zero attached hydrogens (tertiary/aromatic N) is 1. The van der Waals surface area contributed by atoms with Gasteiger partial charge in [0.15, 0.2) is 0 Å². The number of nitrogens with one attached hydrogen (secondary N) is 1. The van der Waals surface area contributed by atoms with Gasteiger partial charge >= 0.3 is 0 Å². The van der Waals surface area contributed by atoms with E-state index in [2.05, 4.69) is 12.2 Å². The van der Waals surface area contributed by atoms with Gasteiger partial charge in [-0.3, -0.25) is 9.59 Å². The van der Waals surface area contributed by atoms with Gasteiger partial charge < -0.3 is 5.32 Å². The maximum atomic E-state index is 12.5. The molecule has 4 nitrogen and oxygen atoms in total. The highest BCUT2D eigenvalue weighted by molar-refractivity contribution is 6.22. The number of hydrogen-bond donors (Lipinski definition) is 1. The SMILES string of the molecule is CC1CCCC(NC2CC(=O)N(c3ccccc3)C2=O)C1. The molecule has 3 atom stereocenters. The number of para-hydroxylation sites is 1. The minimum Gasteiger partial charge on any atom is -0.303 e. The molecule has 0 radical (unpaired) electrons. The van der Waals surface area contributed by atoms with Gasteiger partial charge in [0.05, 0.1) is 18.2 Å². The van der Waals surface area contributed by atoms with Crippen molar-refractivity contribution < 1.29 is 9.59 Å². The molecule has 1 aromatic rings. The Kier molecular flexibility index (Phi) is 4.06. The van der Waals surface area contributed by atoms with Crippen molar-refractivity contribution >= 4 is 17.5 Å². The number of imide groups is 1. The first-order chi connectivity index (χ1) is 10.1. The molecule has 1 heterocycles. The molecule has 1 aromatic carbocycles. The van der Waals surface area contributed by atoms with Crippen LogP contribution in [-0.2, 0) is 9.59 Å². The Morgan fingerprint density at radius 2 is 1.90 bits per heavy atom. The van der Waals surface area contributed by atoms with Crippen LogP contribution in [0, 0.1) is 5.92 Å². The summed E-state index contributed by atoms with van der Waals surface area (Å²) in [5, 5.41) is 3.42. The molecule has 4 heteroatoms. The minimum atomic E-state index is -0.354. The van der Waals surface area contributed by atoms with E-state index >= 15 is 0 Å². The molecule has 2 aliphatic rings. The van der Waals surface area contributed by atoms with E-state index in [-0.39, 0.29) is 24.3 Å². The van der Waals surface area contributed by atoms with E-state index in [0.717, 1.165) is 12.8 Å². The van der Waals surface area contributed by atoms with E-state index in [4.69, 9.17) is 0 Å². The van der Waals surface area contributed by atoms with Crippen molar-refractivity contribution in [3.63, 3.8) is 0 Å². The second-order valence-electron chi connectivity index (χ2n) is 6.30. The molecule has 1 aliphatic carbocycles. The fraction of sp³-hybridized carbons (Fsp3) is 0.529. The summed E-state index contributed by atoms with van der Waals surface area (Å²) < 4.78 is 0. The Morgan fingerprint density at radius 1 is 1.14 bits per heavy atom. The summed E-state index contributed by atoms with van der Waals surface area (Å²) >= 11 is 0. The summed E-state index contributed by atoms with van der Waals surface area (Å²) in [6, 6.07) is 9.20. The molecule has 1 N–H and O–H groups in total. The third-order valence-electron chi connectivity index (χ3n) is 4.53. The van der Waals surface area contributed by atoms with Gasteiger partial charge in [-0.15, -0.1) is 0 Å². The third-order valence-corrected chi connectivity index (χ3v) is 4.53. The molecule has 1 saturated carbocycles. The van der Waals surface area contributed by atoms with Gasteiger partial charge in [0.2, 0.25) is 5.91 Å². The molecule has 112 valence electrons. The van der Waals surface area contributed by atoms with Crippen molar-refractivity contribution in [2.45, 2.75) is 51.1 Å². The highest BCUT2D eigenvalue weighted by Crippen LogP contribution is 2.27. The zero-order valence-electron chi connectivity index (χ0n) is 12.4. The van der Waals surface area contributed by atoms with E-state index < -0.39 is 0 Å². The largest absolute Gasteiger partial charge is 0.303 e. The quantitative estimate of drug-likeness (QED) is 0.869. The zero-order chi connectivity index (χ0) is 14.8. The van der Waals surface area contributed by atoms with Crippen molar-refractivity contribution in [3.05, 3.63) is 30.3 Å². The summed E-state index contributed by atoms with van der Waals surface area (Å²) in [6.07, 6.45) is 4.96. The van der Waals surface area contributed by atoms with E-state index in [1.165, 1.54) is 17.7 Å². The van der Waals surface area contributed by atoms with E-state index in [9.17, 15) is 9.59 Å². The average molecular weight is 286 g/mol. The fourth-order valence-corrected chi connectivity index (χ4v) is 3.48. The summed E-state index contributed by atoms with van der Waals surface area (Å²) in [4.78, 5) is 26.0.